The first-order chi connectivity index (χ1) is 6.15. The topological polar surface area (TPSA) is 49.3 Å². The zero-order valence-corrected chi connectivity index (χ0v) is 8.05. The second-order valence-electron chi connectivity index (χ2n) is 4.68. The maximum Gasteiger partial charge on any atom is 0.311 e. The van der Waals surface area contributed by atoms with E-state index < -0.39 is 11.4 Å². The molecular weight excluding hydrogens is 166 g/mol. The van der Waals surface area contributed by atoms with Gasteiger partial charge in [0.25, 0.3) is 0 Å². The van der Waals surface area contributed by atoms with Gasteiger partial charge >= 0.3 is 5.97 Å². The van der Waals surface area contributed by atoms with Crippen molar-refractivity contribution in [1.82, 2.24) is 5.32 Å². The molecule has 1 saturated carbocycles. The van der Waals surface area contributed by atoms with Gasteiger partial charge < -0.3 is 10.4 Å². The highest BCUT2D eigenvalue weighted by Gasteiger charge is 2.52. The van der Waals surface area contributed by atoms with Gasteiger partial charge in [-0.15, -0.1) is 0 Å². The van der Waals surface area contributed by atoms with Crippen molar-refractivity contribution in [3.63, 3.8) is 0 Å². The van der Waals surface area contributed by atoms with Crippen LogP contribution in [-0.4, -0.2) is 24.2 Å². The summed E-state index contributed by atoms with van der Waals surface area (Å²) in [6.45, 7) is 3.78. The number of rotatable bonds is 2. The molecule has 0 radical (unpaired) electrons. The van der Waals surface area contributed by atoms with Crippen molar-refractivity contribution >= 4 is 5.97 Å². The molecule has 3 nitrogen and oxygen atoms in total. The van der Waals surface area contributed by atoms with E-state index in [9.17, 15) is 9.90 Å². The van der Waals surface area contributed by atoms with E-state index in [1.165, 1.54) is 0 Å². The molecule has 0 aromatic rings. The van der Waals surface area contributed by atoms with Gasteiger partial charge in [0.15, 0.2) is 0 Å². The fourth-order valence-electron chi connectivity index (χ4n) is 2.59. The Hall–Kier alpha value is -0.570. The summed E-state index contributed by atoms with van der Waals surface area (Å²) in [4.78, 5) is 11.3. The van der Waals surface area contributed by atoms with E-state index >= 15 is 0 Å². The highest BCUT2D eigenvalue weighted by Crippen LogP contribution is 2.50. The average Bonchev–Trinajstić information content (AvgIpc) is 2.85. The summed E-state index contributed by atoms with van der Waals surface area (Å²) in [5.74, 6) is 0.361. The first-order valence-corrected chi connectivity index (χ1v) is 5.09. The zero-order chi connectivity index (χ0) is 9.47. The van der Waals surface area contributed by atoms with Crippen LogP contribution in [0.25, 0.3) is 0 Å². The molecule has 0 aromatic carbocycles. The number of nitrogens with one attached hydrogen (secondary N) is 1. The molecule has 3 heteroatoms. The van der Waals surface area contributed by atoms with Crippen LogP contribution >= 0.6 is 0 Å². The SMILES string of the molecule is CC1CNCC(C(=O)O)(C2CC2)C1. The van der Waals surface area contributed by atoms with Gasteiger partial charge in [0, 0.05) is 6.54 Å². The van der Waals surface area contributed by atoms with Crippen molar-refractivity contribution < 1.29 is 9.90 Å². The molecule has 1 aliphatic heterocycles. The Morgan fingerprint density at radius 2 is 2.23 bits per heavy atom. The molecule has 2 atom stereocenters. The monoisotopic (exact) mass is 183 g/mol. The molecule has 0 bridgehead atoms. The smallest absolute Gasteiger partial charge is 0.311 e. The third-order valence-corrected chi connectivity index (χ3v) is 3.43. The van der Waals surface area contributed by atoms with Crippen LogP contribution in [0.4, 0.5) is 0 Å². The summed E-state index contributed by atoms with van der Waals surface area (Å²) >= 11 is 0. The molecule has 2 rings (SSSR count). The second-order valence-corrected chi connectivity index (χ2v) is 4.68. The van der Waals surface area contributed by atoms with Crippen LogP contribution in [0.1, 0.15) is 26.2 Å². The van der Waals surface area contributed by atoms with Gasteiger partial charge in [0.1, 0.15) is 0 Å². The van der Waals surface area contributed by atoms with Crippen molar-refractivity contribution in [3.8, 4) is 0 Å². The highest BCUT2D eigenvalue weighted by molar-refractivity contribution is 5.76. The summed E-state index contributed by atoms with van der Waals surface area (Å²) in [5.41, 5.74) is -0.433. The zero-order valence-electron chi connectivity index (χ0n) is 8.05. The molecule has 1 heterocycles. The lowest BCUT2D eigenvalue weighted by Gasteiger charge is -2.37. The van der Waals surface area contributed by atoms with E-state index in [0.29, 0.717) is 18.4 Å². The maximum absolute atomic E-state index is 11.3. The molecule has 2 fully saturated rings. The van der Waals surface area contributed by atoms with Crippen LogP contribution in [0.3, 0.4) is 0 Å². The van der Waals surface area contributed by atoms with Crippen LogP contribution in [-0.2, 0) is 4.79 Å². The largest absolute Gasteiger partial charge is 0.481 e. The third-order valence-electron chi connectivity index (χ3n) is 3.43. The summed E-state index contributed by atoms with van der Waals surface area (Å²) in [5, 5.41) is 12.5. The molecule has 0 spiro atoms. The van der Waals surface area contributed by atoms with Crippen LogP contribution in [0.2, 0.25) is 0 Å². The van der Waals surface area contributed by atoms with Crippen molar-refractivity contribution in [3.05, 3.63) is 0 Å². The van der Waals surface area contributed by atoms with Crippen molar-refractivity contribution in [2.75, 3.05) is 13.1 Å². The van der Waals surface area contributed by atoms with Crippen LogP contribution in [0.15, 0.2) is 0 Å². The normalized spacial score (nSPS) is 40.2. The molecule has 0 aromatic heterocycles. The highest BCUT2D eigenvalue weighted by atomic mass is 16.4. The number of carbonyl (C=O) groups is 1. The van der Waals surface area contributed by atoms with Gasteiger partial charge in [0.05, 0.1) is 5.41 Å². The second kappa shape index (κ2) is 2.98. The number of carboxylic acids is 1. The molecule has 74 valence electrons. The summed E-state index contributed by atoms with van der Waals surface area (Å²) < 4.78 is 0. The molecule has 1 saturated heterocycles. The fraction of sp³-hybridized carbons (Fsp3) is 0.900. The minimum atomic E-state index is -0.589. The summed E-state index contributed by atoms with van der Waals surface area (Å²) in [6.07, 6.45) is 3.08. The number of hydrogen-bond donors (Lipinski definition) is 2. The quantitative estimate of drug-likeness (QED) is 0.674. The predicted molar refractivity (Wildman–Crippen MR) is 49.4 cm³/mol. The Morgan fingerprint density at radius 1 is 1.54 bits per heavy atom. The molecule has 2 N–H and O–H groups in total. The Morgan fingerprint density at radius 3 is 2.69 bits per heavy atom. The third kappa shape index (κ3) is 1.46. The Labute approximate surface area is 78.5 Å². The molecule has 2 aliphatic rings. The standard InChI is InChI=1S/C10H17NO2/c1-7-4-10(9(12)13,6-11-5-7)8-2-3-8/h7-8,11H,2-6H2,1H3,(H,12,13). The van der Waals surface area contributed by atoms with E-state index in [-0.39, 0.29) is 0 Å². The lowest BCUT2D eigenvalue weighted by atomic mass is 9.73. The Bertz CT molecular complexity index is 225. The number of aliphatic carboxylic acids is 1. The van der Waals surface area contributed by atoms with Gasteiger partial charge in [0.2, 0.25) is 0 Å². The fourth-order valence-corrected chi connectivity index (χ4v) is 2.59. The first kappa shape index (κ1) is 9.00. The summed E-state index contributed by atoms with van der Waals surface area (Å²) in [6, 6.07) is 0. The predicted octanol–water partition coefficient (Wildman–Crippen LogP) is 1.10. The molecule has 1 aliphatic carbocycles. The van der Waals surface area contributed by atoms with Crippen LogP contribution in [0.5, 0.6) is 0 Å². The maximum atomic E-state index is 11.3. The van der Waals surface area contributed by atoms with Crippen molar-refractivity contribution in [2.45, 2.75) is 26.2 Å². The molecule has 0 amide bonds. The number of piperidine rings is 1. The van der Waals surface area contributed by atoms with Gasteiger partial charge in [-0.25, -0.2) is 0 Å². The summed E-state index contributed by atoms with van der Waals surface area (Å²) in [7, 11) is 0. The molecule has 2 unspecified atom stereocenters. The van der Waals surface area contributed by atoms with E-state index in [1.807, 2.05) is 0 Å². The van der Waals surface area contributed by atoms with Crippen molar-refractivity contribution in [1.29, 1.82) is 0 Å². The van der Waals surface area contributed by atoms with Crippen molar-refractivity contribution in [2.24, 2.45) is 17.3 Å². The lowest BCUT2D eigenvalue weighted by Crippen LogP contribution is -2.49. The molecular formula is C10H17NO2. The van der Waals surface area contributed by atoms with E-state index in [0.717, 1.165) is 25.8 Å². The molecule has 13 heavy (non-hydrogen) atoms. The minimum Gasteiger partial charge on any atom is -0.481 e. The number of carboxylic acid groups (broad SMARTS) is 1. The Kier molecular flexibility index (Phi) is 2.06. The lowest BCUT2D eigenvalue weighted by molar-refractivity contribution is -0.152. The van der Waals surface area contributed by atoms with E-state index in [1.54, 1.807) is 0 Å². The average molecular weight is 183 g/mol. The van der Waals surface area contributed by atoms with E-state index in [4.69, 9.17) is 0 Å². The van der Waals surface area contributed by atoms with Crippen LogP contribution in [0, 0.1) is 17.3 Å². The number of hydrogen-bond acceptors (Lipinski definition) is 2. The first-order valence-electron chi connectivity index (χ1n) is 5.09. The van der Waals surface area contributed by atoms with Gasteiger partial charge in [-0.3, -0.25) is 4.79 Å². The van der Waals surface area contributed by atoms with Crippen LogP contribution < -0.4 is 5.32 Å². The van der Waals surface area contributed by atoms with Gasteiger partial charge in [-0.2, -0.15) is 0 Å². The van der Waals surface area contributed by atoms with Gasteiger partial charge in [-0.05, 0) is 37.6 Å². The van der Waals surface area contributed by atoms with E-state index in [2.05, 4.69) is 12.2 Å². The minimum absolute atomic E-state index is 0.433. The van der Waals surface area contributed by atoms with Gasteiger partial charge in [-0.1, -0.05) is 6.92 Å². The Balaban J connectivity index is 2.16.